The number of hydrogen-bond donors (Lipinski definition) is 2. The Kier molecular flexibility index (Phi) is 8.28. The molecule has 42 heavy (non-hydrogen) atoms. The number of nitrogens with zero attached hydrogens (tertiary/aromatic N) is 3. The topological polar surface area (TPSA) is 79.7 Å². The number of hydrogen-bond acceptors (Lipinski definition) is 7. The summed E-state index contributed by atoms with van der Waals surface area (Å²) < 4.78 is 72.6. The zero-order chi connectivity index (χ0) is 30.4. The first kappa shape index (κ1) is 30.3. The van der Waals surface area contributed by atoms with Crippen LogP contribution in [0.2, 0.25) is 0 Å². The van der Waals surface area contributed by atoms with Crippen LogP contribution in [0.15, 0.2) is 24.3 Å². The Morgan fingerprint density at radius 3 is 2.50 bits per heavy atom. The fourth-order valence-corrected chi connectivity index (χ4v) is 5.87. The van der Waals surface area contributed by atoms with E-state index in [9.17, 15) is 13.9 Å². The molecule has 1 aliphatic carbocycles. The Morgan fingerprint density at radius 1 is 1.12 bits per heavy atom. The molecule has 1 saturated carbocycles. The van der Waals surface area contributed by atoms with Crippen LogP contribution in [0.4, 0.5) is 23.4 Å². The highest BCUT2D eigenvalue weighted by Crippen LogP contribution is 2.42. The number of aliphatic hydroxyl groups is 1. The molecule has 0 bridgehead atoms. The third-order valence-corrected chi connectivity index (χ3v) is 8.52. The molecule has 0 unspecified atom stereocenters. The Balaban J connectivity index is 1.47. The van der Waals surface area contributed by atoms with Crippen molar-refractivity contribution in [3.05, 3.63) is 52.9 Å². The SMILES string of the molecule is COc1c(OC[C@@H]2CCCN2C2CCC2)cc2c(N[C@H](C)c3cccc(C(F)(F)C(C)(C)O)c3F)nc(C)nc2c1F. The minimum atomic E-state index is -3.84. The van der Waals surface area contributed by atoms with Gasteiger partial charge in [-0.2, -0.15) is 8.78 Å². The van der Waals surface area contributed by atoms with E-state index in [1.807, 2.05) is 0 Å². The first-order valence-electron chi connectivity index (χ1n) is 14.4. The predicted octanol–water partition coefficient (Wildman–Crippen LogP) is 6.66. The van der Waals surface area contributed by atoms with Crippen molar-refractivity contribution in [3.63, 3.8) is 0 Å². The molecule has 0 spiro atoms. The van der Waals surface area contributed by atoms with Gasteiger partial charge >= 0.3 is 5.92 Å². The van der Waals surface area contributed by atoms with Gasteiger partial charge in [-0.1, -0.05) is 18.6 Å². The van der Waals surface area contributed by atoms with Crippen LogP contribution in [0.25, 0.3) is 10.9 Å². The number of alkyl halides is 2. The normalized spacial score (nSPS) is 19.1. The van der Waals surface area contributed by atoms with Crippen molar-refractivity contribution in [1.82, 2.24) is 14.9 Å². The molecule has 2 fully saturated rings. The minimum Gasteiger partial charge on any atom is -0.490 e. The van der Waals surface area contributed by atoms with E-state index in [0.717, 1.165) is 39.3 Å². The highest BCUT2D eigenvalue weighted by Gasteiger charge is 2.49. The number of rotatable bonds is 10. The summed E-state index contributed by atoms with van der Waals surface area (Å²) in [5.41, 5.74) is -3.48. The maximum absolute atomic E-state index is 15.8. The zero-order valence-corrected chi connectivity index (χ0v) is 24.6. The third kappa shape index (κ3) is 5.48. The number of aromatic nitrogens is 2. The van der Waals surface area contributed by atoms with Crippen molar-refractivity contribution in [2.24, 2.45) is 0 Å². The highest BCUT2D eigenvalue weighted by molar-refractivity contribution is 5.92. The number of halogens is 4. The molecule has 2 heterocycles. The lowest BCUT2D eigenvalue weighted by Gasteiger charge is -2.38. The lowest BCUT2D eigenvalue weighted by atomic mass is 9.91. The van der Waals surface area contributed by atoms with E-state index in [1.54, 1.807) is 19.9 Å². The smallest absolute Gasteiger partial charge is 0.303 e. The van der Waals surface area contributed by atoms with Crippen LogP contribution in [-0.4, -0.2) is 57.9 Å². The van der Waals surface area contributed by atoms with Crippen molar-refractivity contribution < 1.29 is 32.1 Å². The molecular formula is C31H38F4N4O3. The van der Waals surface area contributed by atoms with Crippen LogP contribution in [0.3, 0.4) is 0 Å². The van der Waals surface area contributed by atoms with E-state index in [4.69, 9.17) is 9.47 Å². The summed E-state index contributed by atoms with van der Waals surface area (Å²) >= 11 is 0. The van der Waals surface area contributed by atoms with Crippen molar-refractivity contribution in [1.29, 1.82) is 0 Å². The number of benzene rings is 2. The molecule has 228 valence electrons. The van der Waals surface area contributed by atoms with E-state index in [-0.39, 0.29) is 45.6 Å². The second-order valence-corrected chi connectivity index (χ2v) is 11.9. The summed E-state index contributed by atoms with van der Waals surface area (Å²) in [4.78, 5) is 11.2. The number of nitrogens with one attached hydrogen (secondary N) is 1. The van der Waals surface area contributed by atoms with Gasteiger partial charge in [-0.3, -0.25) is 4.90 Å². The van der Waals surface area contributed by atoms with Gasteiger partial charge < -0.3 is 19.9 Å². The van der Waals surface area contributed by atoms with Crippen molar-refractivity contribution in [2.75, 3.05) is 25.6 Å². The summed E-state index contributed by atoms with van der Waals surface area (Å²) in [6, 6.07) is 5.18. The van der Waals surface area contributed by atoms with Gasteiger partial charge in [-0.25, -0.2) is 18.7 Å². The van der Waals surface area contributed by atoms with Gasteiger partial charge in [0.1, 0.15) is 35.2 Å². The molecule has 1 aromatic heterocycles. The van der Waals surface area contributed by atoms with Crippen LogP contribution >= 0.6 is 0 Å². The molecule has 2 atom stereocenters. The van der Waals surface area contributed by atoms with Gasteiger partial charge in [0, 0.05) is 23.0 Å². The lowest BCUT2D eigenvalue weighted by molar-refractivity contribution is -0.170. The van der Waals surface area contributed by atoms with Crippen LogP contribution in [0.5, 0.6) is 11.5 Å². The second-order valence-electron chi connectivity index (χ2n) is 11.9. The van der Waals surface area contributed by atoms with Crippen molar-refractivity contribution in [2.45, 2.75) is 89.4 Å². The predicted molar refractivity (Wildman–Crippen MR) is 152 cm³/mol. The fraction of sp³-hybridized carbons (Fsp3) is 0.548. The van der Waals surface area contributed by atoms with Gasteiger partial charge in [0.25, 0.3) is 0 Å². The Bertz CT molecular complexity index is 1460. The fourth-order valence-electron chi connectivity index (χ4n) is 5.87. The van der Waals surface area contributed by atoms with E-state index < -0.39 is 34.8 Å². The number of likely N-dealkylation sites (tertiary alicyclic amines) is 1. The van der Waals surface area contributed by atoms with Gasteiger partial charge in [0.2, 0.25) is 0 Å². The maximum Gasteiger partial charge on any atom is 0.303 e. The second kappa shape index (κ2) is 11.5. The molecular weight excluding hydrogens is 552 g/mol. The van der Waals surface area contributed by atoms with Crippen LogP contribution in [0.1, 0.15) is 75.9 Å². The van der Waals surface area contributed by atoms with E-state index in [0.29, 0.717) is 12.6 Å². The number of methoxy groups -OCH3 is 1. The van der Waals surface area contributed by atoms with Crippen LogP contribution < -0.4 is 14.8 Å². The molecule has 0 radical (unpaired) electrons. The average molecular weight is 591 g/mol. The number of ether oxygens (including phenoxy) is 2. The summed E-state index contributed by atoms with van der Waals surface area (Å²) in [5, 5.41) is 13.3. The number of fused-ring (bicyclic) bond motifs is 1. The molecule has 5 rings (SSSR count). The quantitative estimate of drug-likeness (QED) is 0.256. The van der Waals surface area contributed by atoms with Gasteiger partial charge in [-0.15, -0.1) is 0 Å². The minimum absolute atomic E-state index is 0.0128. The summed E-state index contributed by atoms with van der Waals surface area (Å²) in [6.45, 7) is 6.43. The van der Waals surface area contributed by atoms with E-state index in [1.165, 1.54) is 38.5 Å². The number of anilines is 1. The molecule has 3 aromatic rings. The standard InChI is InChI=1S/C31H38F4N4O3/c1-17(21-12-7-13-23(25(21)32)31(34,35)30(3,4)40)36-29-22-15-24(28(41-5)26(33)27(22)37-18(2)38-29)42-16-20-11-8-14-39(20)19-9-6-10-19/h7,12-13,15,17,19-20,40H,6,8-11,14,16H2,1-5H3,(H,36,37,38)/t17-,20+/m1/s1. The third-order valence-electron chi connectivity index (χ3n) is 8.52. The highest BCUT2D eigenvalue weighted by atomic mass is 19.3. The summed E-state index contributed by atoms with van der Waals surface area (Å²) in [5.74, 6) is -5.14. The molecule has 2 N–H and O–H groups in total. The first-order valence-corrected chi connectivity index (χ1v) is 14.4. The van der Waals surface area contributed by atoms with E-state index >= 15 is 8.78 Å². The summed E-state index contributed by atoms with van der Waals surface area (Å²) in [6.07, 6.45) is 5.70. The lowest BCUT2D eigenvalue weighted by Crippen LogP contribution is -2.45. The average Bonchev–Trinajstić information content (AvgIpc) is 3.34. The monoisotopic (exact) mass is 590 g/mol. The van der Waals surface area contributed by atoms with Crippen molar-refractivity contribution in [3.8, 4) is 11.5 Å². The maximum atomic E-state index is 15.8. The first-order chi connectivity index (χ1) is 19.8. The summed E-state index contributed by atoms with van der Waals surface area (Å²) in [7, 11) is 1.36. The Hall–Kier alpha value is -3.18. The van der Waals surface area contributed by atoms with Crippen LogP contribution in [-0.2, 0) is 5.92 Å². The van der Waals surface area contributed by atoms with E-state index in [2.05, 4.69) is 20.2 Å². The molecule has 0 amide bonds. The molecule has 7 nitrogen and oxygen atoms in total. The van der Waals surface area contributed by atoms with Crippen molar-refractivity contribution >= 4 is 16.7 Å². The van der Waals surface area contributed by atoms with Crippen LogP contribution in [0, 0.1) is 18.6 Å². The van der Waals surface area contributed by atoms with Gasteiger partial charge in [-0.05, 0) is 72.1 Å². The largest absolute Gasteiger partial charge is 0.490 e. The molecule has 11 heteroatoms. The van der Waals surface area contributed by atoms with Gasteiger partial charge in [0.15, 0.2) is 17.3 Å². The molecule has 1 saturated heterocycles. The Morgan fingerprint density at radius 2 is 1.86 bits per heavy atom. The van der Waals surface area contributed by atoms with Gasteiger partial charge in [0.05, 0.1) is 18.7 Å². The molecule has 2 aromatic carbocycles. The molecule has 1 aliphatic heterocycles. The Labute approximate surface area is 243 Å². The zero-order valence-electron chi connectivity index (χ0n) is 24.6. The molecule has 2 aliphatic rings. The number of aryl methyl sites for hydroxylation is 1.